The van der Waals surface area contributed by atoms with E-state index in [9.17, 15) is 0 Å². The highest BCUT2D eigenvalue weighted by molar-refractivity contribution is 6.08. The van der Waals surface area contributed by atoms with Gasteiger partial charge in [-0.2, -0.15) is 0 Å². The molecule has 0 spiro atoms. The molecule has 268 valence electrons. The molecule has 0 radical (unpaired) electrons. The summed E-state index contributed by atoms with van der Waals surface area (Å²) in [7, 11) is 0. The van der Waals surface area contributed by atoms with E-state index in [0.717, 1.165) is 67.7 Å². The van der Waals surface area contributed by atoms with Crippen molar-refractivity contribution in [1.29, 1.82) is 0 Å². The van der Waals surface area contributed by atoms with Crippen LogP contribution in [0.5, 0.6) is 0 Å². The third-order valence-electron chi connectivity index (χ3n) is 11.5. The van der Waals surface area contributed by atoms with Crippen molar-refractivity contribution in [3.63, 3.8) is 0 Å². The van der Waals surface area contributed by atoms with Crippen LogP contribution in [0.25, 0.3) is 83.5 Å². The van der Waals surface area contributed by atoms with Crippen molar-refractivity contribution in [2.45, 2.75) is 12.3 Å². The standard InChI is InChI=1S/C53H36N4/c1-2-12-35(13-3-1)47-33-39-22-21-37(32-48(39)45-17-5-4-16-44(45)47)38-23-24-46-52(34-38)57(51-20-11-27-56-53(46)51)43-15-10-14-36(31-43)40-28-41(49-18-6-8-25-54-49)30-42(29-40)50-19-7-9-26-55-50/h1-32,34,47H,33H2. The summed E-state index contributed by atoms with van der Waals surface area (Å²) in [5, 5.41) is 1.13. The molecule has 4 aromatic heterocycles. The van der Waals surface area contributed by atoms with Crippen LogP contribution < -0.4 is 0 Å². The molecule has 0 amide bonds. The summed E-state index contributed by atoms with van der Waals surface area (Å²) < 4.78 is 2.37. The first-order valence-electron chi connectivity index (χ1n) is 19.5. The Bertz CT molecular complexity index is 3040. The highest BCUT2D eigenvalue weighted by atomic mass is 15.0. The molecule has 0 N–H and O–H groups in total. The van der Waals surface area contributed by atoms with Crippen LogP contribution in [-0.4, -0.2) is 19.5 Å². The molecular formula is C53H36N4. The first kappa shape index (κ1) is 33.0. The van der Waals surface area contributed by atoms with Gasteiger partial charge in [0.25, 0.3) is 0 Å². The highest BCUT2D eigenvalue weighted by Gasteiger charge is 2.26. The topological polar surface area (TPSA) is 43.6 Å². The summed E-state index contributed by atoms with van der Waals surface area (Å²) in [5.74, 6) is 0.343. The van der Waals surface area contributed by atoms with Crippen molar-refractivity contribution in [2.75, 3.05) is 0 Å². The van der Waals surface area contributed by atoms with Gasteiger partial charge in [0.2, 0.25) is 0 Å². The molecular weight excluding hydrogens is 693 g/mol. The molecule has 0 saturated carbocycles. The lowest BCUT2D eigenvalue weighted by Crippen LogP contribution is -2.12. The quantitative estimate of drug-likeness (QED) is 0.171. The van der Waals surface area contributed by atoms with Gasteiger partial charge in [-0.1, -0.05) is 97.1 Å². The van der Waals surface area contributed by atoms with E-state index in [1.54, 1.807) is 0 Å². The van der Waals surface area contributed by atoms with E-state index < -0.39 is 0 Å². The number of rotatable bonds is 6. The lowest BCUT2D eigenvalue weighted by Gasteiger charge is -2.29. The van der Waals surface area contributed by atoms with Gasteiger partial charge in [0.05, 0.1) is 27.9 Å². The van der Waals surface area contributed by atoms with Gasteiger partial charge in [0.15, 0.2) is 0 Å². The molecule has 1 atom stereocenters. The number of fused-ring (bicyclic) bond motifs is 6. The first-order chi connectivity index (χ1) is 28.2. The Morgan fingerprint density at radius 3 is 1.89 bits per heavy atom. The number of pyridine rings is 3. The highest BCUT2D eigenvalue weighted by Crippen LogP contribution is 2.44. The minimum Gasteiger partial charge on any atom is -0.308 e. The average Bonchev–Trinajstić information content (AvgIpc) is 3.63. The molecule has 1 aliphatic rings. The summed E-state index contributed by atoms with van der Waals surface area (Å²) in [6, 6.07) is 65.5. The van der Waals surface area contributed by atoms with Crippen molar-refractivity contribution in [1.82, 2.24) is 19.5 Å². The van der Waals surface area contributed by atoms with Gasteiger partial charge in [-0.05, 0) is 141 Å². The molecule has 1 aliphatic carbocycles. The van der Waals surface area contributed by atoms with E-state index >= 15 is 0 Å². The van der Waals surface area contributed by atoms with Crippen molar-refractivity contribution < 1.29 is 0 Å². The Morgan fingerprint density at radius 2 is 1.11 bits per heavy atom. The lowest BCUT2D eigenvalue weighted by atomic mass is 9.75. The summed E-state index contributed by atoms with van der Waals surface area (Å²) >= 11 is 0. The smallest absolute Gasteiger partial charge is 0.0963 e. The fraction of sp³-hybridized carbons (Fsp3) is 0.0377. The Hall–Kier alpha value is -7.43. The molecule has 4 nitrogen and oxygen atoms in total. The van der Waals surface area contributed by atoms with E-state index in [1.807, 2.05) is 48.9 Å². The minimum absolute atomic E-state index is 0.343. The van der Waals surface area contributed by atoms with Gasteiger partial charge < -0.3 is 4.57 Å². The van der Waals surface area contributed by atoms with Crippen LogP contribution in [0, 0.1) is 0 Å². The second-order valence-electron chi connectivity index (χ2n) is 14.8. The molecule has 10 aromatic rings. The van der Waals surface area contributed by atoms with Crippen molar-refractivity contribution in [3.05, 3.63) is 217 Å². The molecule has 0 aliphatic heterocycles. The van der Waals surface area contributed by atoms with E-state index in [1.165, 1.54) is 38.9 Å². The molecule has 0 fully saturated rings. The van der Waals surface area contributed by atoms with Crippen LogP contribution in [0.4, 0.5) is 0 Å². The zero-order chi connectivity index (χ0) is 37.7. The van der Waals surface area contributed by atoms with Gasteiger partial charge >= 0.3 is 0 Å². The maximum Gasteiger partial charge on any atom is 0.0963 e. The Morgan fingerprint density at radius 1 is 0.421 bits per heavy atom. The molecule has 57 heavy (non-hydrogen) atoms. The second-order valence-corrected chi connectivity index (χ2v) is 14.8. The Kier molecular flexibility index (Phi) is 7.92. The van der Waals surface area contributed by atoms with Crippen LogP contribution in [0.3, 0.4) is 0 Å². The summed E-state index contributed by atoms with van der Waals surface area (Å²) in [6.45, 7) is 0. The van der Waals surface area contributed by atoms with Gasteiger partial charge in [-0.3, -0.25) is 15.0 Å². The molecule has 4 heterocycles. The van der Waals surface area contributed by atoms with Crippen LogP contribution >= 0.6 is 0 Å². The largest absolute Gasteiger partial charge is 0.308 e. The van der Waals surface area contributed by atoms with E-state index in [-0.39, 0.29) is 0 Å². The van der Waals surface area contributed by atoms with Gasteiger partial charge in [-0.15, -0.1) is 0 Å². The van der Waals surface area contributed by atoms with Gasteiger partial charge in [0, 0.05) is 46.7 Å². The molecule has 1 unspecified atom stereocenters. The SMILES string of the molecule is c1ccc(C2Cc3ccc(-c4ccc5c6ncccc6n(-c6cccc(-c7cc(-c8ccccn8)cc(-c8ccccn8)c7)c6)c5c4)cc3-c3ccccc32)cc1. The molecule has 0 bridgehead atoms. The Balaban J connectivity index is 1.04. The third kappa shape index (κ3) is 5.82. The predicted molar refractivity (Wildman–Crippen MR) is 233 cm³/mol. The fourth-order valence-corrected chi connectivity index (χ4v) is 8.81. The second kappa shape index (κ2) is 13.7. The zero-order valence-electron chi connectivity index (χ0n) is 31.1. The molecule has 6 aromatic carbocycles. The van der Waals surface area contributed by atoms with Crippen LogP contribution in [0.2, 0.25) is 0 Å². The zero-order valence-corrected chi connectivity index (χ0v) is 31.1. The number of aromatic nitrogens is 4. The summed E-state index contributed by atoms with van der Waals surface area (Å²) in [6.07, 6.45) is 6.57. The maximum absolute atomic E-state index is 4.91. The van der Waals surface area contributed by atoms with Crippen molar-refractivity contribution >= 4 is 21.9 Å². The van der Waals surface area contributed by atoms with Crippen LogP contribution in [-0.2, 0) is 6.42 Å². The van der Waals surface area contributed by atoms with Crippen LogP contribution in [0.15, 0.2) is 201 Å². The van der Waals surface area contributed by atoms with Gasteiger partial charge in [0.1, 0.15) is 0 Å². The molecule has 4 heteroatoms. The van der Waals surface area contributed by atoms with Crippen molar-refractivity contribution in [3.8, 4) is 61.6 Å². The monoisotopic (exact) mass is 728 g/mol. The van der Waals surface area contributed by atoms with E-state index in [0.29, 0.717) is 5.92 Å². The third-order valence-corrected chi connectivity index (χ3v) is 11.5. The van der Waals surface area contributed by atoms with E-state index in [2.05, 4.69) is 156 Å². The molecule has 11 rings (SSSR count). The average molecular weight is 729 g/mol. The summed E-state index contributed by atoms with van der Waals surface area (Å²) in [4.78, 5) is 14.3. The Labute approximate surface area is 331 Å². The number of hydrogen-bond donors (Lipinski definition) is 0. The van der Waals surface area contributed by atoms with Gasteiger partial charge in [-0.25, -0.2) is 0 Å². The fourth-order valence-electron chi connectivity index (χ4n) is 8.81. The molecule has 0 saturated heterocycles. The van der Waals surface area contributed by atoms with E-state index in [4.69, 9.17) is 15.0 Å². The number of hydrogen-bond acceptors (Lipinski definition) is 3. The minimum atomic E-state index is 0.343. The normalized spacial score (nSPS) is 13.4. The lowest BCUT2D eigenvalue weighted by molar-refractivity contribution is 0.794. The maximum atomic E-state index is 4.91. The van der Waals surface area contributed by atoms with Crippen molar-refractivity contribution in [2.24, 2.45) is 0 Å². The first-order valence-corrected chi connectivity index (χ1v) is 19.5. The summed E-state index contributed by atoms with van der Waals surface area (Å²) in [5.41, 5.74) is 19.6. The predicted octanol–water partition coefficient (Wildman–Crippen LogP) is 13.0. The number of benzene rings is 6. The number of nitrogens with zero attached hydrogens (tertiary/aromatic N) is 4. The van der Waals surface area contributed by atoms with Crippen LogP contribution in [0.1, 0.15) is 22.6 Å².